The highest BCUT2D eigenvalue weighted by atomic mass is 16.2. The third-order valence-corrected chi connectivity index (χ3v) is 3.48. The van der Waals surface area contributed by atoms with E-state index in [4.69, 9.17) is 0 Å². The zero-order valence-corrected chi connectivity index (χ0v) is 10.6. The van der Waals surface area contributed by atoms with Gasteiger partial charge in [-0.25, -0.2) is 0 Å². The van der Waals surface area contributed by atoms with Crippen molar-refractivity contribution in [1.82, 2.24) is 15.2 Å². The molecule has 2 unspecified atom stereocenters. The van der Waals surface area contributed by atoms with Gasteiger partial charge in [0, 0.05) is 24.8 Å². The first-order valence-electron chi connectivity index (χ1n) is 6.41. The van der Waals surface area contributed by atoms with E-state index in [9.17, 15) is 4.79 Å². The smallest absolute Gasteiger partial charge is 0.268 e. The molecule has 1 fully saturated rings. The van der Waals surface area contributed by atoms with E-state index in [1.165, 1.54) is 0 Å². The van der Waals surface area contributed by atoms with Gasteiger partial charge in [0.05, 0.1) is 0 Å². The van der Waals surface area contributed by atoms with Crippen molar-refractivity contribution in [2.24, 2.45) is 0 Å². The van der Waals surface area contributed by atoms with Crippen LogP contribution in [0.1, 0.15) is 37.2 Å². The second-order valence-corrected chi connectivity index (χ2v) is 4.64. The molecular weight excluding hydrogens is 214 g/mol. The van der Waals surface area contributed by atoms with E-state index in [-0.39, 0.29) is 11.9 Å². The topological polar surface area (TPSA) is 46.1 Å². The number of hydrogen-bond donors (Lipinski definition) is 2. The lowest BCUT2D eigenvalue weighted by Crippen LogP contribution is -2.52. The molecule has 0 aliphatic carbocycles. The maximum atomic E-state index is 12.1. The van der Waals surface area contributed by atoms with Crippen molar-refractivity contribution in [3.05, 3.63) is 24.0 Å². The number of carbonyl (C=O) groups excluding carboxylic acids is 1. The Labute approximate surface area is 102 Å². The van der Waals surface area contributed by atoms with Gasteiger partial charge in [0.15, 0.2) is 0 Å². The molecule has 1 aromatic rings. The zero-order chi connectivity index (χ0) is 12.3. The maximum Gasteiger partial charge on any atom is 0.268 e. The van der Waals surface area contributed by atoms with E-state index < -0.39 is 0 Å². The number of carbonyl (C=O) groups is 1. The van der Waals surface area contributed by atoms with Gasteiger partial charge >= 0.3 is 0 Å². The summed E-state index contributed by atoms with van der Waals surface area (Å²) in [6.45, 7) is 6.05. The molecule has 0 aromatic carbocycles. The van der Waals surface area contributed by atoms with Crippen molar-refractivity contribution < 1.29 is 4.79 Å². The molecule has 0 saturated carbocycles. The summed E-state index contributed by atoms with van der Waals surface area (Å²) in [5.74, 6) is 0.0393. The minimum Gasteiger partial charge on any atom is -0.346 e. The minimum absolute atomic E-state index is 0.0393. The van der Waals surface area contributed by atoms with E-state index in [0.717, 1.165) is 31.6 Å². The fourth-order valence-electron chi connectivity index (χ4n) is 2.38. The van der Waals surface area contributed by atoms with Gasteiger partial charge in [-0.2, -0.15) is 0 Å². The molecule has 2 N–H and O–H groups in total. The van der Waals surface area contributed by atoms with Crippen LogP contribution < -0.4 is 10.6 Å². The second-order valence-electron chi connectivity index (χ2n) is 4.64. The lowest BCUT2D eigenvalue weighted by molar-refractivity contribution is 0.0910. The Morgan fingerprint density at radius 1 is 1.65 bits per heavy atom. The highest BCUT2D eigenvalue weighted by Gasteiger charge is 2.23. The number of rotatable bonds is 3. The van der Waals surface area contributed by atoms with Gasteiger partial charge in [0.25, 0.3) is 5.91 Å². The predicted octanol–water partition coefficient (Wildman–Crippen LogP) is 1.38. The molecule has 1 aliphatic heterocycles. The van der Waals surface area contributed by atoms with Crippen LogP contribution in [0.25, 0.3) is 0 Å². The van der Waals surface area contributed by atoms with Crippen molar-refractivity contribution in [2.45, 2.75) is 45.3 Å². The largest absolute Gasteiger partial charge is 0.346 e. The average Bonchev–Trinajstić information content (AvgIpc) is 2.80. The molecule has 2 atom stereocenters. The van der Waals surface area contributed by atoms with Crippen LogP contribution in [0.4, 0.5) is 0 Å². The highest BCUT2D eigenvalue weighted by Crippen LogP contribution is 2.10. The minimum atomic E-state index is 0.0393. The number of aryl methyl sites for hydroxylation is 1. The average molecular weight is 235 g/mol. The third kappa shape index (κ3) is 2.69. The van der Waals surface area contributed by atoms with E-state index in [0.29, 0.717) is 6.04 Å². The predicted molar refractivity (Wildman–Crippen MR) is 68.1 cm³/mol. The summed E-state index contributed by atoms with van der Waals surface area (Å²) in [6.07, 6.45) is 4.13. The van der Waals surface area contributed by atoms with Crippen LogP contribution in [-0.2, 0) is 6.54 Å². The summed E-state index contributed by atoms with van der Waals surface area (Å²) in [5, 5.41) is 6.51. The lowest BCUT2D eigenvalue weighted by atomic mass is 10.00. The molecule has 17 heavy (non-hydrogen) atoms. The third-order valence-electron chi connectivity index (χ3n) is 3.48. The number of hydrogen-bond acceptors (Lipinski definition) is 2. The van der Waals surface area contributed by atoms with E-state index in [1.807, 2.05) is 29.8 Å². The van der Waals surface area contributed by atoms with Crippen LogP contribution in [0.15, 0.2) is 18.3 Å². The standard InChI is InChI=1S/C13H21N3O/c1-3-16-9-5-7-12(16)13(17)15-11-6-4-8-14-10(11)2/h5,7,9-11,14H,3-4,6,8H2,1-2H3,(H,15,17). The maximum absolute atomic E-state index is 12.1. The number of nitrogens with one attached hydrogen (secondary N) is 2. The number of aromatic nitrogens is 1. The Morgan fingerprint density at radius 3 is 3.18 bits per heavy atom. The fraction of sp³-hybridized carbons (Fsp3) is 0.615. The Bertz CT molecular complexity index is 386. The van der Waals surface area contributed by atoms with Crippen molar-refractivity contribution in [3.8, 4) is 0 Å². The van der Waals surface area contributed by atoms with Gasteiger partial charge < -0.3 is 15.2 Å². The molecule has 1 aliphatic rings. The van der Waals surface area contributed by atoms with Gasteiger partial charge in [-0.1, -0.05) is 0 Å². The highest BCUT2D eigenvalue weighted by molar-refractivity contribution is 5.93. The summed E-state index contributed by atoms with van der Waals surface area (Å²) in [7, 11) is 0. The molecular formula is C13H21N3O. The summed E-state index contributed by atoms with van der Waals surface area (Å²) in [6, 6.07) is 4.40. The molecule has 0 bridgehead atoms. The Kier molecular flexibility index (Phi) is 3.84. The van der Waals surface area contributed by atoms with E-state index >= 15 is 0 Å². The molecule has 0 spiro atoms. The lowest BCUT2D eigenvalue weighted by Gasteiger charge is -2.30. The first kappa shape index (κ1) is 12.2. The summed E-state index contributed by atoms with van der Waals surface area (Å²) >= 11 is 0. The SMILES string of the molecule is CCn1cccc1C(=O)NC1CCCNC1C. The van der Waals surface area contributed by atoms with Crippen LogP contribution in [0.5, 0.6) is 0 Å². The van der Waals surface area contributed by atoms with Crippen LogP contribution >= 0.6 is 0 Å². The Morgan fingerprint density at radius 2 is 2.47 bits per heavy atom. The quantitative estimate of drug-likeness (QED) is 0.831. The number of amides is 1. The van der Waals surface area contributed by atoms with Crippen LogP contribution in [0.2, 0.25) is 0 Å². The first-order valence-corrected chi connectivity index (χ1v) is 6.41. The van der Waals surface area contributed by atoms with Gasteiger partial charge in [-0.05, 0) is 45.4 Å². The van der Waals surface area contributed by atoms with Crippen LogP contribution in [0.3, 0.4) is 0 Å². The fourth-order valence-corrected chi connectivity index (χ4v) is 2.38. The molecule has 0 radical (unpaired) electrons. The van der Waals surface area contributed by atoms with Crippen molar-refractivity contribution >= 4 is 5.91 Å². The molecule has 1 aromatic heterocycles. The molecule has 2 rings (SSSR count). The Hall–Kier alpha value is -1.29. The molecule has 94 valence electrons. The van der Waals surface area contributed by atoms with E-state index in [1.54, 1.807) is 0 Å². The normalized spacial score (nSPS) is 24.6. The van der Waals surface area contributed by atoms with Gasteiger partial charge in [0.1, 0.15) is 5.69 Å². The molecule has 1 saturated heterocycles. The van der Waals surface area contributed by atoms with Gasteiger partial charge in [0.2, 0.25) is 0 Å². The molecule has 4 nitrogen and oxygen atoms in total. The number of piperidine rings is 1. The molecule has 2 heterocycles. The van der Waals surface area contributed by atoms with E-state index in [2.05, 4.69) is 17.6 Å². The monoisotopic (exact) mass is 235 g/mol. The molecule has 1 amide bonds. The van der Waals surface area contributed by atoms with Gasteiger partial charge in [-0.15, -0.1) is 0 Å². The molecule has 4 heteroatoms. The van der Waals surface area contributed by atoms with Crippen molar-refractivity contribution in [1.29, 1.82) is 0 Å². The Balaban J connectivity index is 2.01. The summed E-state index contributed by atoms with van der Waals surface area (Å²) in [4.78, 5) is 12.1. The number of nitrogens with zero attached hydrogens (tertiary/aromatic N) is 1. The van der Waals surface area contributed by atoms with Crippen molar-refractivity contribution in [2.75, 3.05) is 6.54 Å². The second kappa shape index (κ2) is 5.36. The summed E-state index contributed by atoms with van der Waals surface area (Å²) < 4.78 is 1.97. The zero-order valence-electron chi connectivity index (χ0n) is 10.6. The van der Waals surface area contributed by atoms with Crippen LogP contribution in [0, 0.1) is 0 Å². The first-order chi connectivity index (χ1) is 8.22. The van der Waals surface area contributed by atoms with Gasteiger partial charge in [-0.3, -0.25) is 4.79 Å². The summed E-state index contributed by atoms with van der Waals surface area (Å²) in [5.41, 5.74) is 0.755. The van der Waals surface area contributed by atoms with Crippen LogP contribution in [-0.4, -0.2) is 29.1 Å². The van der Waals surface area contributed by atoms with Crippen molar-refractivity contribution in [3.63, 3.8) is 0 Å².